The Hall–Kier alpha value is -3.56. The minimum atomic E-state index is -0.824. The van der Waals surface area contributed by atoms with Crippen molar-refractivity contribution in [1.29, 1.82) is 0 Å². The van der Waals surface area contributed by atoms with E-state index in [2.05, 4.69) is 15.5 Å². The first-order valence-corrected chi connectivity index (χ1v) is 8.00. The molecular weight excluding hydrogens is 359 g/mol. The zero-order valence-electron chi connectivity index (χ0n) is 14.5. The third-order valence-electron chi connectivity index (χ3n) is 3.67. The second-order valence-electron chi connectivity index (χ2n) is 5.54. The molecule has 0 fully saturated rings. The summed E-state index contributed by atoms with van der Waals surface area (Å²) in [6, 6.07) is 5.34. The van der Waals surface area contributed by atoms with Crippen LogP contribution in [0, 0.1) is 12.7 Å². The lowest BCUT2D eigenvalue weighted by Gasteiger charge is -2.10. The van der Waals surface area contributed by atoms with E-state index in [0.29, 0.717) is 0 Å². The van der Waals surface area contributed by atoms with Crippen LogP contribution in [-0.2, 0) is 16.1 Å². The number of nitrogens with one attached hydrogen (secondary N) is 1. The highest BCUT2D eigenvalue weighted by Gasteiger charge is 2.24. The van der Waals surface area contributed by atoms with Gasteiger partial charge in [-0.15, -0.1) is 0 Å². The maximum absolute atomic E-state index is 13.2. The average Bonchev–Trinajstić information content (AvgIpc) is 3.03. The van der Waals surface area contributed by atoms with Crippen molar-refractivity contribution in [2.75, 3.05) is 11.9 Å². The van der Waals surface area contributed by atoms with Gasteiger partial charge in [0, 0.05) is 5.69 Å². The van der Waals surface area contributed by atoms with Gasteiger partial charge in [0.15, 0.2) is 0 Å². The fraction of sp³-hybridized carbons (Fsp3) is 0.235. The second-order valence-corrected chi connectivity index (χ2v) is 5.54. The number of carbonyl (C=O) groups is 2. The maximum Gasteiger partial charge on any atom is 0.361 e. The Morgan fingerprint density at radius 3 is 2.85 bits per heavy atom. The number of esters is 1. The molecule has 10 heteroatoms. The van der Waals surface area contributed by atoms with Crippen molar-refractivity contribution < 1.29 is 23.2 Å². The van der Waals surface area contributed by atoms with Crippen LogP contribution in [0.3, 0.4) is 0 Å². The largest absolute Gasteiger partial charge is 0.461 e. The van der Waals surface area contributed by atoms with Crippen molar-refractivity contribution in [3.05, 3.63) is 52.0 Å². The van der Waals surface area contributed by atoms with Crippen LogP contribution >= 0.6 is 0 Å². The lowest BCUT2D eigenvalue weighted by Crippen LogP contribution is -2.30. The average molecular weight is 374 g/mol. The Morgan fingerprint density at radius 1 is 1.37 bits per heavy atom. The number of carbonyl (C=O) groups excluding carboxylic acids is 2. The van der Waals surface area contributed by atoms with Crippen molar-refractivity contribution in [3.8, 4) is 0 Å². The van der Waals surface area contributed by atoms with E-state index in [1.807, 2.05) is 0 Å². The number of hydrogen-bond acceptors (Lipinski definition) is 7. The Bertz CT molecular complexity index is 1090. The number of aryl methyl sites for hydroxylation is 1. The van der Waals surface area contributed by atoms with Crippen molar-refractivity contribution in [2.45, 2.75) is 20.4 Å². The number of rotatable bonds is 5. The molecule has 0 saturated carbocycles. The number of fused-ring (bicyclic) bond motifs is 1. The highest BCUT2D eigenvalue weighted by Crippen LogP contribution is 2.14. The van der Waals surface area contributed by atoms with Crippen LogP contribution in [-0.4, -0.2) is 33.2 Å². The van der Waals surface area contributed by atoms with E-state index in [1.165, 1.54) is 25.1 Å². The van der Waals surface area contributed by atoms with Crippen molar-refractivity contribution in [1.82, 2.24) is 14.7 Å². The highest BCUT2D eigenvalue weighted by atomic mass is 19.1. The summed E-state index contributed by atoms with van der Waals surface area (Å²) >= 11 is 0. The molecule has 1 N–H and O–H groups in total. The molecule has 0 aliphatic heterocycles. The SMILES string of the molecule is CCOC(=O)c1noc2nc(C)n(CC(=O)Nc3cccc(F)c3)c(=O)c12. The van der Waals surface area contributed by atoms with Crippen molar-refractivity contribution in [3.63, 3.8) is 0 Å². The smallest absolute Gasteiger partial charge is 0.361 e. The van der Waals surface area contributed by atoms with Gasteiger partial charge in [-0.2, -0.15) is 4.98 Å². The molecule has 1 amide bonds. The number of anilines is 1. The highest BCUT2D eigenvalue weighted by molar-refractivity contribution is 6.00. The summed E-state index contributed by atoms with van der Waals surface area (Å²) in [5.41, 5.74) is -0.848. The monoisotopic (exact) mass is 374 g/mol. The van der Waals surface area contributed by atoms with Gasteiger partial charge in [0.1, 0.15) is 23.6 Å². The zero-order valence-corrected chi connectivity index (χ0v) is 14.5. The summed E-state index contributed by atoms with van der Waals surface area (Å²) in [6.45, 7) is 2.81. The molecule has 3 aromatic rings. The Morgan fingerprint density at radius 2 is 2.15 bits per heavy atom. The standard InChI is InChI=1S/C17H15FN4O5/c1-3-26-17(25)14-13-15(27-21-14)19-9(2)22(16(13)24)8-12(23)20-11-6-4-5-10(18)7-11/h4-7H,3,8H2,1-2H3,(H,20,23). The Kier molecular flexibility index (Phi) is 4.97. The number of amides is 1. The fourth-order valence-corrected chi connectivity index (χ4v) is 2.48. The molecule has 2 heterocycles. The van der Waals surface area contributed by atoms with Gasteiger partial charge in [-0.25, -0.2) is 9.18 Å². The van der Waals surface area contributed by atoms with Gasteiger partial charge < -0.3 is 14.6 Å². The van der Waals surface area contributed by atoms with Crippen LogP contribution in [0.15, 0.2) is 33.6 Å². The Balaban J connectivity index is 1.94. The van der Waals surface area contributed by atoms with Gasteiger partial charge in [0.05, 0.1) is 6.61 Å². The van der Waals surface area contributed by atoms with E-state index in [9.17, 15) is 18.8 Å². The number of halogens is 1. The molecule has 0 saturated heterocycles. The van der Waals surface area contributed by atoms with Crippen LogP contribution in [0.5, 0.6) is 0 Å². The minimum absolute atomic E-state index is 0.0940. The van der Waals surface area contributed by atoms with E-state index in [0.717, 1.165) is 10.6 Å². The summed E-state index contributed by atoms with van der Waals surface area (Å²) < 4.78 is 24.1. The summed E-state index contributed by atoms with van der Waals surface area (Å²) in [7, 11) is 0. The first-order chi connectivity index (χ1) is 12.9. The molecule has 0 bridgehead atoms. The van der Waals surface area contributed by atoms with E-state index in [1.54, 1.807) is 6.92 Å². The minimum Gasteiger partial charge on any atom is -0.461 e. The van der Waals surface area contributed by atoms with E-state index >= 15 is 0 Å². The van der Waals surface area contributed by atoms with Crippen molar-refractivity contribution in [2.24, 2.45) is 0 Å². The van der Waals surface area contributed by atoms with Gasteiger partial charge in [-0.3, -0.25) is 14.2 Å². The zero-order chi connectivity index (χ0) is 19.6. The normalized spacial score (nSPS) is 10.8. The van der Waals surface area contributed by atoms with Crippen LogP contribution in [0.4, 0.5) is 10.1 Å². The van der Waals surface area contributed by atoms with Gasteiger partial charge >= 0.3 is 5.97 Å². The molecule has 27 heavy (non-hydrogen) atoms. The quantitative estimate of drug-likeness (QED) is 0.675. The van der Waals surface area contributed by atoms with E-state index in [4.69, 9.17) is 9.26 Å². The lowest BCUT2D eigenvalue weighted by molar-refractivity contribution is -0.116. The molecule has 3 rings (SSSR count). The molecule has 0 aliphatic carbocycles. The number of hydrogen-bond donors (Lipinski definition) is 1. The molecule has 1 aromatic carbocycles. The molecule has 0 unspecified atom stereocenters. The van der Waals surface area contributed by atoms with Gasteiger partial charge in [-0.05, 0) is 32.0 Å². The topological polar surface area (TPSA) is 116 Å². The van der Waals surface area contributed by atoms with Gasteiger partial charge in [-0.1, -0.05) is 11.2 Å². The first kappa shape index (κ1) is 18.2. The van der Waals surface area contributed by atoms with Crippen LogP contribution < -0.4 is 10.9 Å². The van der Waals surface area contributed by atoms with Crippen LogP contribution in [0.2, 0.25) is 0 Å². The molecule has 9 nitrogen and oxygen atoms in total. The number of ether oxygens (including phenoxy) is 1. The number of nitrogens with zero attached hydrogens (tertiary/aromatic N) is 3. The summed E-state index contributed by atoms with van der Waals surface area (Å²) in [6.07, 6.45) is 0. The third-order valence-corrected chi connectivity index (χ3v) is 3.67. The third kappa shape index (κ3) is 3.68. The molecule has 0 aliphatic rings. The van der Waals surface area contributed by atoms with Crippen LogP contribution in [0.25, 0.3) is 11.1 Å². The lowest BCUT2D eigenvalue weighted by atomic mass is 10.3. The molecule has 0 radical (unpaired) electrons. The van der Waals surface area contributed by atoms with Gasteiger partial charge in [0.25, 0.3) is 11.3 Å². The summed E-state index contributed by atoms with van der Waals surface area (Å²) in [4.78, 5) is 41.0. The van der Waals surface area contributed by atoms with E-state index < -0.39 is 29.8 Å². The van der Waals surface area contributed by atoms with E-state index in [-0.39, 0.29) is 34.9 Å². The molecule has 0 atom stereocenters. The Labute approximate surface area is 151 Å². The summed E-state index contributed by atoms with van der Waals surface area (Å²) in [5.74, 6) is -1.71. The molecular formula is C17H15FN4O5. The number of benzene rings is 1. The van der Waals surface area contributed by atoms with Crippen LogP contribution in [0.1, 0.15) is 23.2 Å². The fourth-order valence-electron chi connectivity index (χ4n) is 2.48. The van der Waals surface area contributed by atoms with Crippen molar-refractivity contribution >= 4 is 28.7 Å². The predicted octanol–water partition coefficient (Wildman–Crippen LogP) is 1.65. The second kappa shape index (κ2) is 7.36. The number of aromatic nitrogens is 3. The molecule has 0 spiro atoms. The first-order valence-electron chi connectivity index (χ1n) is 8.00. The molecule has 2 aromatic heterocycles. The molecule has 140 valence electrons. The predicted molar refractivity (Wildman–Crippen MR) is 91.8 cm³/mol. The van der Waals surface area contributed by atoms with Gasteiger partial charge in [0.2, 0.25) is 11.6 Å². The summed E-state index contributed by atoms with van der Waals surface area (Å²) in [5, 5.41) is 5.87. The maximum atomic E-state index is 13.2.